The highest BCUT2D eigenvalue weighted by Gasteiger charge is 2.24. The zero-order valence-electron chi connectivity index (χ0n) is 17.1. The molecule has 152 valence electrons. The van der Waals surface area contributed by atoms with Gasteiger partial charge in [0, 0.05) is 43.5 Å². The van der Waals surface area contributed by atoms with Crippen LogP contribution in [0, 0.1) is 0 Å². The Hall–Kier alpha value is -1.93. The summed E-state index contributed by atoms with van der Waals surface area (Å²) in [4.78, 5) is 20.2. The van der Waals surface area contributed by atoms with Crippen molar-refractivity contribution in [2.45, 2.75) is 50.4 Å². The Balaban J connectivity index is 1.72. The Morgan fingerprint density at radius 3 is 2.75 bits per heavy atom. The molecule has 0 aromatic carbocycles. The summed E-state index contributed by atoms with van der Waals surface area (Å²) in [6.07, 6.45) is 8.00. The van der Waals surface area contributed by atoms with Gasteiger partial charge in [0.1, 0.15) is 0 Å². The molecule has 28 heavy (non-hydrogen) atoms. The van der Waals surface area contributed by atoms with E-state index >= 15 is 0 Å². The van der Waals surface area contributed by atoms with Gasteiger partial charge in [-0.25, -0.2) is 0 Å². The maximum Gasteiger partial charge on any atom is 0.233 e. The molecule has 1 fully saturated rings. The first-order valence-corrected chi connectivity index (χ1v) is 11.1. The summed E-state index contributed by atoms with van der Waals surface area (Å²) in [5, 5.41) is 9.64. The van der Waals surface area contributed by atoms with Crippen LogP contribution in [0.1, 0.15) is 32.6 Å². The van der Waals surface area contributed by atoms with Gasteiger partial charge in [-0.2, -0.15) is 0 Å². The van der Waals surface area contributed by atoms with Gasteiger partial charge in [0.2, 0.25) is 5.91 Å². The van der Waals surface area contributed by atoms with Crippen LogP contribution in [0.5, 0.6) is 0 Å². The molecule has 8 heteroatoms. The monoisotopic (exact) mass is 403 g/mol. The topological polar surface area (TPSA) is 68.4 Å². The van der Waals surface area contributed by atoms with E-state index in [2.05, 4.69) is 40.8 Å². The van der Waals surface area contributed by atoms with Crippen LogP contribution < -0.4 is 4.90 Å². The zero-order chi connectivity index (χ0) is 19.9. The fraction of sp³-hybridized carbons (Fsp3) is 0.600. The molecule has 7 nitrogen and oxygen atoms in total. The minimum absolute atomic E-state index is 0.204. The van der Waals surface area contributed by atoms with Gasteiger partial charge in [-0.15, -0.1) is 10.2 Å². The van der Waals surface area contributed by atoms with E-state index in [0.29, 0.717) is 11.8 Å². The number of likely N-dealkylation sites (tertiary alicyclic amines) is 1. The molecule has 0 radical (unpaired) electrons. The van der Waals surface area contributed by atoms with Crippen LogP contribution in [0.15, 0.2) is 29.7 Å². The van der Waals surface area contributed by atoms with E-state index < -0.39 is 0 Å². The SMILES string of the molecule is C[C@H]1CCCCN1C(=O)CSc1nnc(-c2ccncc2)n1CCC[NH+](C)C. The second-order valence-electron chi connectivity index (χ2n) is 7.72. The van der Waals surface area contributed by atoms with Crippen LogP contribution in [-0.4, -0.2) is 69.5 Å². The first-order chi connectivity index (χ1) is 13.6. The van der Waals surface area contributed by atoms with E-state index in [1.165, 1.54) is 23.1 Å². The molecule has 1 saturated heterocycles. The number of carbonyl (C=O) groups excluding carboxylic acids is 1. The molecule has 0 unspecified atom stereocenters. The molecular formula is C20H31N6OS+. The highest BCUT2D eigenvalue weighted by Crippen LogP contribution is 2.25. The smallest absolute Gasteiger partial charge is 0.233 e. The number of amides is 1. The van der Waals surface area contributed by atoms with Crippen LogP contribution in [0.4, 0.5) is 0 Å². The van der Waals surface area contributed by atoms with Crippen molar-refractivity contribution >= 4 is 17.7 Å². The summed E-state index contributed by atoms with van der Waals surface area (Å²) in [6.45, 7) is 4.94. The van der Waals surface area contributed by atoms with E-state index in [1.54, 1.807) is 12.4 Å². The van der Waals surface area contributed by atoms with Crippen LogP contribution in [0.2, 0.25) is 0 Å². The third-order valence-electron chi connectivity index (χ3n) is 5.16. The summed E-state index contributed by atoms with van der Waals surface area (Å²) < 4.78 is 2.15. The number of piperidine rings is 1. The van der Waals surface area contributed by atoms with Gasteiger partial charge >= 0.3 is 0 Å². The molecule has 0 spiro atoms. The van der Waals surface area contributed by atoms with Crippen molar-refractivity contribution in [2.24, 2.45) is 0 Å². The largest absolute Gasteiger partial charge is 0.340 e. The van der Waals surface area contributed by atoms with Crippen LogP contribution >= 0.6 is 11.8 Å². The zero-order valence-corrected chi connectivity index (χ0v) is 17.9. The average molecular weight is 404 g/mol. The second-order valence-corrected chi connectivity index (χ2v) is 8.67. The highest BCUT2D eigenvalue weighted by atomic mass is 32.2. The Morgan fingerprint density at radius 1 is 1.25 bits per heavy atom. The molecule has 3 heterocycles. The van der Waals surface area contributed by atoms with E-state index in [0.717, 1.165) is 55.4 Å². The number of nitrogens with one attached hydrogen (secondary N) is 1. The Morgan fingerprint density at radius 2 is 2.04 bits per heavy atom. The molecule has 1 aliphatic heterocycles. The normalized spacial score (nSPS) is 17.3. The van der Waals surface area contributed by atoms with E-state index in [9.17, 15) is 4.79 Å². The van der Waals surface area contributed by atoms with Crippen LogP contribution in [0.3, 0.4) is 0 Å². The summed E-state index contributed by atoms with van der Waals surface area (Å²) in [7, 11) is 4.31. The van der Waals surface area contributed by atoms with Crippen molar-refractivity contribution in [2.75, 3.05) is 32.9 Å². The molecule has 0 saturated carbocycles. The number of aromatic nitrogens is 4. The molecule has 1 N–H and O–H groups in total. The van der Waals surface area contributed by atoms with Gasteiger partial charge in [-0.1, -0.05) is 11.8 Å². The van der Waals surface area contributed by atoms with E-state index in [-0.39, 0.29) is 5.91 Å². The molecule has 1 aliphatic rings. The van der Waals surface area contributed by atoms with Gasteiger partial charge in [-0.3, -0.25) is 9.78 Å². The van der Waals surface area contributed by atoms with Crippen molar-refractivity contribution < 1.29 is 9.69 Å². The molecule has 1 amide bonds. The van der Waals surface area contributed by atoms with Crippen molar-refractivity contribution in [3.63, 3.8) is 0 Å². The lowest BCUT2D eigenvalue weighted by molar-refractivity contribution is -0.858. The molecule has 0 aliphatic carbocycles. The van der Waals surface area contributed by atoms with E-state index in [4.69, 9.17) is 0 Å². The van der Waals surface area contributed by atoms with Gasteiger partial charge in [0.25, 0.3) is 0 Å². The number of rotatable bonds is 8. The van der Waals surface area contributed by atoms with Gasteiger partial charge in [-0.05, 0) is 38.3 Å². The number of nitrogens with zero attached hydrogens (tertiary/aromatic N) is 5. The number of thioether (sulfide) groups is 1. The Kier molecular flexibility index (Phi) is 7.44. The maximum absolute atomic E-state index is 12.7. The first kappa shape index (κ1) is 20.8. The van der Waals surface area contributed by atoms with Gasteiger partial charge < -0.3 is 14.4 Å². The van der Waals surface area contributed by atoms with Gasteiger partial charge in [0.15, 0.2) is 11.0 Å². The van der Waals surface area contributed by atoms with Crippen molar-refractivity contribution in [1.82, 2.24) is 24.6 Å². The van der Waals surface area contributed by atoms with Crippen LogP contribution in [0.25, 0.3) is 11.4 Å². The predicted octanol–water partition coefficient (Wildman–Crippen LogP) is 1.37. The molecule has 0 bridgehead atoms. The lowest BCUT2D eigenvalue weighted by atomic mass is 10.0. The Bertz CT molecular complexity index is 763. The third kappa shape index (κ3) is 5.32. The van der Waals surface area contributed by atoms with Crippen molar-refractivity contribution in [3.8, 4) is 11.4 Å². The standard InChI is InChI=1S/C20H30N6OS/c1-16-7-4-5-13-25(16)18(27)15-28-20-23-22-19(17-8-10-21-11-9-17)26(20)14-6-12-24(2)3/h8-11,16H,4-7,12-15H2,1-3H3/p+1/t16-/m0/s1. The minimum atomic E-state index is 0.204. The molecule has 3 rings (SSSR count). The predicted molar refractivity (Wildman–Crippen MR) is 111 cm³/mol. The average Bonchev–Trinajstić information content (AvgIpc) is 3.09. The third-order valence-corrected chi connectivity index (χ3v) is 6.11. The Labute approximate surface area is 171 Å². The molecular weight excluding hydrogens is 372 g/mol. The molecule has 2 aromatic heterocycles. The highest BCUT2D eigenvalue weighted by molar-refractivity contribution is 7.99. The van der Waals surface area contributed by atoms with E-state index in [1.807, 2.05) is 17.0 Å². The maximum atomic E-state index is 12.7. The summed E-state index contributed by atoms with van der Waals surface area (Å²) in [5.41, 5.74) is 1.00. The van der Waals surface area contributed by atoms with Crippen molar-refractivity contribution in [3.05, 3.63) is 24.5 Å². The number of quaternary nitrogens is 1. The quantitative estimate of drug-likeness (QED) is 0.674. The molecule has 2 aromatic rings. The number of hydrogen-bond acceptors (Lipinski definition) is 5. The number of pyridine rings is 1. The molecule has 1 atom stereocenters. The lowest BCUT2D eigenvalue weighted by Gasteiger charge is -2.33. The van der Waals surface area contributed by atoms with Gasteiger partial charge in [0.05, 0.1) is 26.4 Å². The minimum Gasteiger partial charge on any atom is -0.340 e. The fourth-order valence-corrected chi connectivity index (χ4v) is 4.43. The van der Waals surface area contributed by atoms with Crippen molar-refractivity contribution in [1.29, 1.82) is 0 Å². The lowest BCUT2D eigenvalue weighted by Crippen LogP contribution is -3.05. The van der Waals surface area contributed by atoms with Crippen LogP contribution in [-0.2, 0) is 11.3 Å². The summed E-state index contributed by atoms with van der Waals surface area (Å²) in [6, 6.07) is 4.24. The summed E-state index contributed by atoms with van der Waals surface area (Å²) >= 11 is 1.50. The fourth-order valence-electron chi connectivity index (χ4n) is 3.58. The second kappa shape index (κ2) is 10.0. The first-order valence-electron chi connectivity index (χ1n) is 10.1. The number of hydrogen-bond donors (Lipinski definition) is 1. The summed E-state index contributed by atoms with van der Waals surface area (Å²) in [5.74, 6) is 1.46. The number of carbonyl (C=O) groups is 1.